The summed E-state index contributed by atoms with van der Waals surface area (Å²) in [6.07, 6.45) is 5.42. The molecular formula is C23H23Cl2N3O4. The van der Waals surface area contributed by atoms with Crippen LogP contribution >= 0.6 is 23.2 Å². The van der Waals surface area contributed by atoms with E-state index in [9.17, 15) is 19.5 Å². The van der Waals surface area contributed by atoms with Crippen LogP contribution in [0.3, 0.4) is 0 Å². The van der Waals surface area contributed by atoms with E-state index in [0.29, 0.717) is 24.2 Å². The maximum absolute atomic E-state index is 12.5. The number of hydrogen-bond acceptors (Lipinski definition) is 5. The molecule has 0 spiro atoms. The maximum atomic E-state index is 12.5. The van der Waals surface area contributed by atoms with E-state index in [4.69, 9.17) is 23.2 Å². The van der Waals surface area contributed by atoms with E-state index in [1.807, 2.05) is 13.8 Å². The Kier molecular flexibility index (Phi) is 7.21. The number of carbonyl (C=O) groups excluding carboxylic acids is 2. The van der Waals surface area contributed by atoms with Crippen molar-refractivity contribution < 1.29 is 19.5 Å². The van der Waals surface area contributed by atoms with Gasteiger partial charge in [0, 0.05) is 42.7 Å². The number of nitrogens with one attached hydrogen (secondary N) is 2. The zero-order valence-electron chi connectivity index (χ0n) is 17.6. The van der Waals surface area contributed by atoms with Gasteiger partial charge in [-0.15, -0.1) is 0 Å². The molecule has 2 aromatic rings. The first-order chi connectivity index (χ1) is 15.0. The molecule has 0 aliphatic heterocycles. The van der Waals surface area contributed by atoms with Crippen LogP contribution in [0.15, 0.2) is 48.4 Å². The summed E-state index contributed by atoms with van der Waals surface area (Å²) in [5, 5.41) is 15.6. The molecule has 1 heterocycles. The molecule has 3 N–H and O–H groups in total. The normalized spacial score (nSPS) is 16.1. The summed E-state index contributed by atoms with van der Waals surface area (Å²) in [6, 6.07) is 5.90. The predicted octanol–water partition coefficient (Wildman–Crippen LogP) is 4.50. The van der Waals surface area contributed by atoms with E-state index in [-0.39, 0.29) is 33.2 Å². The summed E-state index contributed by atoms with van der Waals surface area (Å²) in [6.45, 7) is 3.96. The van der Waals surface area contributed by atoms with E-state index in [0.717, 1.165) is 5.56 Å². The topological polar surface area (TPSA) is 108 Å². The molecule has 0 radical (unpaired) electrons. The molecule has 0 unspecified atom stereocenters. The Labute approximate surface area is 195 Å². The summed E-state index contributed by atoms with van der Waals surface area (Å²) in [5.74, 6) is -1.50. The van der Waals surface area contributed by atoms with Gasteiger partial charge in [-0.2, -0.15) is 0 Å². The van der Waals surface area contributed by atoms with Crippen molar-refractivity contribution in [3.05, 3.63) is 69.6 Å². The molecule has 1 atom stereocenters. The fraction of sp³-hybridized carbons (Fsp3) is 0.304. The third-order valence-electron chi connectivity index (χ3n) is 5.05. The van der Waals surface area contributed by atoms with Crippen LogP contribution in [-0.4, -0.2) is 33.8 Å². The molecule has 1 amide bonds. The van der Waals surface area contributed by atoms with Crippen molar-refractivity contribution in [2.24, 2.45) is 5.41 Å². The van der Waals surface area contributed by atoms with Gasteiger partial charge >= 0.3 is 5.97 Å². The molecule has 0 saturated heterocycles. The lowest BCUT2D eigenvalue weighted by Crippen LogP contribution is -2.40. The van der Waals surface area contributed by atoms with Crippen LogP contribution < -0.4 is 10.6 Å². The highest BCUT2D eigenvalue weighted by atomic mass is 35.5. The van der Waals surface area contributed by atoms with Crippen LogP contribution in [0.5, 0.6) is 0 Å². The number of carbonyl (C=O) groups is 3. The zero-order valence-corrected chi connectivity index (χ0v) is 19.1. The number of nitrogens with zero attached hydrogens (tertiary/aromatic N) is 1. The summed E-state index contributed by atoms with van der Waals surface area (Å²) in [7, 11) is 0. The number of ketones is 1. The minimum atomic E-state index is -1.01. The number of halogens is 2. The highest BCUT2D eigenvalue weighted by molar-refractivity contribution is 6.40. The summed E-state index contributed by atoms with van der Waals surface area (Å²) >= 11 is 12.0. The van der Waals surface area contributed by atoms with Gasteiger partial charge in [0.25, 0.3) is 5.91 Å². The Hall–Kier alpha value is -2.90. The van der Waals surface area contributed by atoms with Crippen molar-refractivity contribution in [2.75, 3.05) is 5.32 Å². The largest absolute Gasteiger partial charge is 0.480 e. The number of aromatic nitrogens is 1. The van der Waals surface area contributed by atoms with Gasteiger partial charge in [-0.05, 0) is 29.5 Å². The number of hydrogen-bond donors (Lipinski definition) is 3. The molecule has 0 fully saturated rings. The van der Waals surface area contributed by atoms with E-state index >= 15 is 0 Å². The third kappa shape index (κ3) is 6.08. The lowest BCUT2D eigenvalue weighted by atomic mass is 9.78. The van der Waals surface area contributed by atoms with Crippen LogP contribution in [0, 0.1) is 5.41 Å². The Morgan fingerprint density at radius 2 is 1.75 bits per heavy atom. The lowest BCUT2D eigenvalue weighted by molar-refractivity contribution is -0.139. The minimum Gasteiger partial charge on any atom is -0.480 e. The second-order valence-electron chi connectivity index (χ2n) is 8.52. The summed E-state index contributed by atoms with van der Waals surface area (Å²) in [4.78, 5) is 40.0. The van der Waals surface area contributed by atoms with Gasteiger partial charge in [0.15, 0.2) is 5.78 Å². The quantitative estimate of drug-likeness (QED) is 0.543. The number of anilines is 1. The number of pyridine rings is 1. The van der Waals surface area contributed by atoms with Crippen LogP contribution in [0.1, 0.15) is 42.6 Å². The number of carboxylic acids is 1. The summed E-state index contributed by atoms with van der Waals surface area (Å²) < 4.78 is 0. The number of carboxylic acid groups (broad SMARTS) is 1. The lowest BCUT2D eigenvalue weighted by Gasteiger charge is -2.30. The molecule has 1 aliphatic rings. The van der Waals surface area contributed by atoms with Gasteiger partial charge in [-0.3, -0.25) is 14.6 Å². The summed E-state index contributed by atoms with van der Waals surface area (Å²) in [5.41, 5.74) is 1.81. The van der Waals surface area contributed by atoms with Crippen LogP contribution in [0.4, 0.5) is 5.69 Å². The van der Waals surface area contributed by atoms with Crippen LogP contribution in [-0.2, 0) is 16.0 Å². The Morgan fingerprint density at radius 1 is 1.12 bits per heavy atom. The van der Waals surface area contributed by atoms with Crippen LogP contribution in [0.25, 0.3) is 0 Å². The van der Waals surface area contributed by atoms with Gasteiger partial charge in [0.05, 0.1) is 15.6 Å². The first-order valence-electron chi connectivity index (χ1n) is 9.96. The molecule has 168 valence electrons. The third-order valence-corrected chi connectivity index (χ3v) is 5.62. The van der Waals surface area contributed by atoms with Gasteiger partial charge in [-0.25, -0.2) is 4.79 Å². The number of rotatable bonds is 7. The molecule has 0 bridgehead atoms. The Bertz CT molecular complexity index is 1060. The molecular weight excluding hydrogens is 453 g/mol. The smallest absolute Gasteiger partial charge is 0.326 e. The van der Waals surface area contributed by atoms with E-state index < -0.39 is 17.9 Å². The average molecular weight is 476 g/mol. The van der Waals surface area contributed by atoms with Crippen molar-refractivity contribution >= 4 is 46.5 Å². The van der Waals surface area contributed by atoms with Gasteiger partial charge in [-0.1, -0.05) is 49.2 Å². The fourth-order valence-electron chi connectivity index (χ4n) is 3.64. The standard InChI is InChI=1S/C23H23Cl2N3O4/c1-23(2)9-15(8-16(29)10-23)27-19(22(31)32)7-13-3-5-14(6-4-13)28-21(30)20-17(24)11-26-12-18(20)25/h3-6,8,11-12,19,27H,7,9-10H2,1-2H3,(H,28,30)(H,31,32)/t19-/m0/s1. The number of allylic oxidation sites excluding steroid dienone is 2. The predicted molar refractivity (Wildman–Crippen MR) is 123 cm³/mol. The molecule has 3 rings (SSSR count). The molecule has 1 aliphatic carbocycles. The number of benzene rings is 1. The van der Waals surface area contributed by atoms with E-state index in [1.54, 1.807) is 24.3 Å². The van der Waals surface area contributed by atoms with E-state index in [2.05, 4.69) is 15.6 Å². The van der Waals surface area contributed by atoms with E-state index in [1.165, 1.54) is 18.5 Å². The Morgan fingerprint density at radius 3 is 2.31 bits per heavy atom. The highest BCUT2D eigenvalue weighted by Crippen LogP contribution is 2.32. The average Bonchev–Trinajstić information content (AvgIpc) is 2.67. The van der Waals surface area contributed by atoms with Gasteiger partial charge < -0.3 is 15.7 Å². The minimum absolute atomic E-state index is 0.0117. The second kappa shape index (κ2) is 9.71. The highest BCUT2D eigenvalue weighted by Gasteiger charge is 2.29. The zero-order chi connectivity index (χ0) is 23.5. The van der Waals surface area contributed by atoms with Crippen molar-refractivity contribution in [1.29, 1.82) is 0 Å². The fourth-order valence-corrected chi connectivity index (χ4v) is 4.18. The second-order valence-corrected chi connectivity index (χ2v) is 9.34. The molecule has 32 heavy (non-hydrogen) atoms. The molecule has 1 aromatic carbocycles. The van der Waals surface area contributed by atoms with Crippen molar-refractivity contribution in [3.8, 4) is 0 Å². The molecule has 0 saturated carbocycles. The first-order valence-corrected chi connectivity index (χ1v) is 10.7. The molecule has 7 nitrogen and oxygen atoms in total. The van der Waals surface area contributed by atoms with Gasteiger partial charge in [0.2, 0.25) is 0 Å². The van der Waals surface area contributed by atoms with Crippen molar-refractivity contribution in [3.63, 3.8) is 0 Å². The van der Waals surface area contributed by atoms with Crippen molar-refractivity contribution in [2.45, 2.75) is 39.2 Å². The van der Waals surface area contributed by atoms with Gasteiger partial charge in [0.1, 0.15) is 6.04 Å². The molecule has 1 aromatic heterocycles. The monoisotopic (exact) mass is 475 g/mol. The van der Waals surface area contributed by atoms with Crippen molar-refractivity contribution in [1.82, 2.24) is 10.3 Å². The number of aliphatic carboxylic acids is 1. The number of amides is 1. The SMILES string of the molecule is CC1(C)CC(=O)C=C(N[C@@H](Cc2ccc(NC(=O)c3c(Cl)cncc3Cl)cc2)C(=O)O)C1. The molecule has 9 heteroatoms. The first kappa shape index (κ1) is 23.8. The Balaban J connectivity index is 1.67. The maximum Gasteiger partial charge on any atom is 0.326 e. The van der Waals surface area contributed by atoms with Crippen LogP contribution in [0.2, 0.25) is 10.0 Å².